The molecule has 0 bridgehead atoms. The second kappa shape index (κ2) is 8.86. The summed E-state index contributed by atoms with van der Waals surface area (Å²) in [5.41, 5.74) is 9.91. The van der Waals surface area contributed by atoms with Gasteiger partial charge in [-0.2, -0.15) is 0 Å². The molecule has 178 valence electrons. The number of carbonyl (C=O) groups is 1. The highest BCUT2D eigenvalue weighted by Gasteiger charge is 2.38. The quantitative estimate of drug-likeness (QED) is 0.286. The molecule has 1 aromatic heterocycles. The van der Waals surface area contributed by atoms with Crippen LogP contribution in [0.25, 0.3) is 27.6 Å². The van der Waals surface area contributed by atoms with Crippen molar-refractivity contribution in [1.82, 2.24) is 4.98 Å². The molecule has 3 nitrogen and oxygen atoms in total. The summed E-state index contributed by atoms with van der Waals surface area (Å²) < 4.78 is 0. The molecular formula is C34H26N2O. The van der Waals surface area contributed by atoms with Crippen LogP contribution in [0.5, 0.6) is 0 Å². The number of ketones is 1. The van der Waals surface area contributed by atoms with Crippen molar-refractivity contribution in [1.29, 1.82) is 0 Å². The Morgan fingerprint density at radius 1 is 0.676 bits per heavy atom. The van der Waals surface area contributed by atoms with Crippen LogP contribution in [0.15, 0.2) is 121 Å². The molecule has 2 aliphatic rings. The predicted molar refractivity (Wildman–Crippen MR) is 150 cm³/mol. The smallest absolute Gasteiger partial charge is 0.162 e. The van der Waals surface area contributed by atoms with E-state index in [1.807, 2.05) is 24.4 Å². The minimum atomic E-state index is -0.175. The molecule has 0 saturated heterocycles. The maximum Gasteiger partial charge on any atom is 0.162 e. The van der Waals surface area contributed by atoms with Crippen molar-refractivity contribution in [3.63, 3.8) is 0 Å². The Balaban J connectivity index is 1.38. The van der Waals surface area contributed by atoms with Gasteiger partial charge in [-0.1, -0.05) is 91.0 Å². The fourth-order valence-electron chi connectivity index (χ4n) is 6.04. The Kier molecular flexibility index (Phi) is 5.21. The van der Waals surface area contributed by atoms with Gasteiger partial charge < -0.3 is 5.32 Å². The first-order valence-corrected chi connectivity index (χ1v) is 12.9. The Morgan fingerprint density at radius 2 is 1.41 bits per heavy atom. The van der Waals surface area contributed by atoms with E-state index in [2.05, 4.69) is 101 Å². The highest BCUT2D eigenvalue weighted by atomic mass is 16.1. The number of carbonyl (C=O) groups excluding carboxylic acids is 1. The lowest BCUT2D eigenvalue weighted by molar-refractivity contribution is -0.116. The van der Waals surface area contributed by atoms with Crippen LogP contribution in [0.3, 0.4) is 0 Å². The van der Waals surface area contributed by atoms with Gasteiger partial charge in [-0.05, 0) is 58.4 Å². The van der Waals surface area contributed by atoms with Crippen LogP contribution in [0.2, 0.25) is 0 Å². The zero-order valence-corrected chi connectivity index (χ0v) is 20.4. The molecule has 5 aromatic rings. The van der Waals surface area contributed by atoms with Crippen LogP contribution in [0.4, 0.5) is 5.69 Å². The summed E-state index contributed by atoms with van der Waals surface area (Å²) in [6, 6.07) is 37.6. The number of nitrogens with zero attached hydrogens (tertiary/aromatic N) is 1. The minimum Gasteiger partial charge on any atom is -0.373 e. The van der Waals surface area contributed by atoms with Crippen molar-refractivity contribution in [3.05, 3.63) is 138 Å². The van der Waals surface area contributed by atoms with Crippen LogP contribution in [0.1, 0.15) is 41.5 Å². The SMILES string of the molecule is O=C1C[C@H](c2ccccc2)CC2=C1[C@@H](c1ccc(-c3ccccc3)cc1)Nc1ccc3ncccc3c12. The van der Waals surface area contributed by atoms with Crippen molar-refractivity contribution in [2.75, 3.05) is 5.32 Å². The normalized spacial score (nSPS) is 18.8. The fraction of sp³-hybridized carbons (Fsp3) is 0.118. The van der Waals surface area contributed by atoms with Gasteiger partial charge in [-0.3, -0.25) is 9.78 Å². The lowest BCUT2D eigenvalue weighted by atomic mass is 9.71. The van der Waals surface area contributed by atoms with Gasteiger partial charge in [0.05, 0.1) is 11.6 Å². The topological polar surface area (TPSA) is 42.0 Å². The highest BCUT2D eigenvalue weighted by molar-refractivity contribution is 6.12. The lowest BCUT2D eigenvalue weighted by Crippen LogP contribution is -2.29. The maximum absolute atomic E-state index is 13.9. The van der Waals surface area contributed by atoms with Crippen LogP contribution in [-0.4, -0.2) is 10.8 Å². The molecule has 2 atom stereocenters. The number of Topliss-reactive ketones (excluding diaryl/α,β-unsaturated/α-hetero) is 1. The summed E-state index contributed by atoms with van der Waals surface area (Å²) in [5.74, 6) is 0.401. The minimum absolute atomic E-state index is 0.173. The van der Waals surface area contributed by atoms with E-state index in [4.69, 9.17) is 0 Å². The molecule has 0 radical (unpaired) electrons. The van der Waals surface area contributed by atoms with Gasteiger partial charge in [-0.25, -0.2) is 0 Å². The summed E-state index contributed by atoms with van der Waals surface area (Å²) in [4.78, 5) is 18.5. The van der Waals surface area contributed by atoms with E-state index in [-0.39, 0.29) is 17.7 Å². The van der Waals surface area contributed by atoms with Crippen LogP contribution >= 0.6 is 0 Å². The molecule has 0 amide bonds. The Bertz CT molecular complexity index is 1650. The van der Waals surface area contributed by atoms with Gasteiger partial charge in [0.2, 0.25) is 0 Å². The molecule has 1 aliphatic carbocycles. The Hall–Kier alpha value is -4.50. The van der Waals surface area contributed by atoms with Gasteiger partial charge in [-0.15, -0.1) is 0 Å². The number of pyridine rings is 1. The van der Waals surface area contributed by atoms with Gasteiger partial charge in [0, 0.05) is 34.8 Å². The Labute approximate surface area is 216 Å². The average Bonchev–Trinajstić information content (AvgIpc) is 2.97. The van der Waals surface area contributed by atoms with Crippen molar-refractivity contribution < 1.29 is 4.79 Å². The van der Waals surface area contributed by atoms with Gasteiger partial charge >= 0.3 is 0 Å². The first kappa shape index (κ1) is 21.8. The number of benzene rings is 4. The number of aromatic nitrogens is 1. The predicted octanol–water partition coefficient (Wildman–Crippen LogP) is 7.97. The number of rotatable bonds is 3. The zero-order valence-electron chi connectivity index (χ0n) is 20.4. The van der Waals surface area contributed by atoms with E-state index in [0.29, 0.717) is 6.42 Å². The average molecular weight is 479 g/mol. The van der Waals surface area contributed by atoms with Crippen molar-refractivity contribution >= 4 is 27.9 Å². The third-order valence-electron chi connectivity index (χ3n) is 7.81. The van der Waals surface area contributed by atoms with Crippen molar-refractivity contribution in [2.45, 2.75) is 24.8 Å². The van der Waals surface area contributed by atoms with Crippen LogP contribution in [-0.2, 0) is 4.79 Å². The molecule has 0 unspecified atom stereocenters. The van der Waals surface area contributed by atoms with E-state index in [0.717, 1.165) is 45.3 Å². The number of hydrogen-bond acceptors (Lipinski definition) is 3. The van der Waals surface area contributed by atoms with E-state index in [9.17, 15) is 4.79 Å². The fourth-order valence-corrected chi connectivity index (χ4v) is 6.04. The Morgan fingerprint density at radius 3 is 2.19 bits per heavy atom. The number of hydrogen-bond donors (Lipinski definition) is 1. The second-order valence-electron chi connectivity index (χ2n) is 9.95. The molecule has 4 aromatic carbocycles. The third kappa shape index (κ3) is 3.75. The van der Waals surface area contributed by atoms with E-state index in [1.54, 1.807) is 0 Å². The molecule has 0 fully saturated rings. The van der Waals surface area contributed by atoms with Gasteiger partial charge in [0.25, 0.3) is 0 Å². The van der Waals surface area contributed by atoms with E-state index >= 15 is 0 Å². The number of anilines is 1. The standard InChI is InChI=1S/C34H26N2O/c37-31-21-26(23-10-5-2-6-11-23)20-28-32-27-12-7-19-35-29(27)17-18-30(32)36-34(33(28)31)25-15-13-24(14-16-25)22-8-3-1-4-9-22/h1-19,26,34,36H,20-21H2/t26-,34-/m1/s1. The molecule has 0 spiro atoms. The van der Waals surface area contributed by atoms with Crippen LogP contribution < -0.4 is 5.32 Å². The van der Waals surface area contributed by atoms with E-state index < -0.39 is 0 Å². The summed E-state index contributed by atoms with van der Waals surface area (Å²) in [6.07, 6.45) is 3.20. The van der Waals surface area contributed by atoms with Crippen LogP contribution in [0, 0.1) is 0 Å². The van der Waals surface area contributed by atoms with E-state index in [1.165, 1.54) is 16.7 Å². The monoisotopic (exact) mass is 478 g/mol. The summed E-state index contributed by atoms with van der Waals surface area (Å²) in [7, 11) is 0. The van der Waals surface area contributed by atoms with Crippen molar-refractivity contribution in [3.8, 4) is 11.1 Å². The first-order valence-electron chi connectivity index (χ1n) is 12.9. The summed E-state index contributed by atoms with van der Waals surface area (Å²) in [5, 5.41) is 4.84. The molecule has 1 aliphatic heterocycles. The molecule has 37 heavy (non-hydrogen) atoms. The maximum atomic E-state index is 13.9. The van der Waals surface area contributed by atoms with Crippen molar-refractivity contribution in [2.24, 2.45) is 0 Å². The number of nitrogens with one attached hydrogen (secondary N) is 1. The molecule has 2 heterocycles. The number of allylic oxidation sites excluding steroid dienone is 1. The zero-order chi connectivity index (χ0) is 24.8. The second-order valence-corrected chi connectivity index (χ2v) is 9.95. The molecule has 3 heteroatoms. The largest absolute Gasteiger partial charge is 0.373 e. The molecular weight excluding hydrogens is 452 g/mol. The van der Waals surface area contributed by atoms with Gasteiger partial charge in [0.15, 0.2) is 5.78 Å². The summed E-state index contributed by atoms with van der Waals surface area (Å²) >= 11 is 0. The molecule has 7 rings (SSSR count). The number of fused-ring (bicyclic) bond motifs is 4. The summed E-state index contributed by atoms with van der Waals surface area (Å²) in [6.45, 7) is 0. The third-order valence-corrected chi connectivity index (χ3v) is 7.81. The molecule has 0 saturated carbocycles. The van der Waals surface area contributed by atoms with Gasteiger partial charge in [0.1, 0.15) is 0 Å². The highest BCUT2D eigenvalue weighted by Crippen LogP contribution is 2.50. The molecule has 1 N–H and O–H groups in total. The lowest BCUT2D eigenvalue weighted by Gasteiger charge is -2.37. The first-order chi connectivity index (χ1) is 18.3.